The van der Waals surface area contributed by atoms with Gasteiger partial charge < -0.3 is 15.6 Å². The molecule has 2 aliphatic heterocycles. The third-order valence-electron chi connectivity index (χ3n) is 4.01. The Kier molecular flexibility index (Phi) is 4.10. The largest absolute Gasteiger partial charge is 0.369 e. The average molecular weight is 288 g/mol. The van der Waals surface area contributed by atoms with Crippen molar-refractivity contribution in [3.63, 3.8) is 0 Å². The van der Waals surface area contributed by atoms with Gasteiger partial charge in [-0.15, -0.1) is 0 Å². The molecule has 2 aliphatic rings. The third kappa shape index (κ3) is 3.36. The SMILES string of the molecule is CN[C@H]1CCN(C2=CN(Cc3ccc(F)cc3)NC=C2)C1. The lowest BCUT2D eigenvalue weighted by molar-refractivity contribution is 0.285. The molecule has 0 unspecified atom stereocenters. The fraction of sp³-hybridized carbons (Fsp3) is 0.375. The summed E-state index contributed by atoms with van der Waals surface area (Å²) in [5.41, 5.74) is 5.49. The zero-order valence-electron chi connectivity index (χ0n) is 12.2. The number of nitrogens with one attached hydrogen (secondary N) is 2. The van der Waals surface area contributed by atoms with Crippen LogP contribution in [0.3, 0.4) is 0 Å². The predicted molar refractivity (Wildman–Crippen MR) is 81.3 cm³/mol. The highest BCUT2D eigenvalue weighted by molar-refractivity contribution is 5.22. The van der Waals surface area contributed by atoms with Crippen molar-refractivity contribution in [2.24, 2.45) is 0 Å². The summed E-state index contributed by atoms with van der Waals surface area (Å²) in [6.45, 7) is 2.82. The van der Waals surface area contributed by atoms with Gasteiger partial charge in [-0.2, -0.15) is 0 Å². The van der Waals surface area contributed by atoms with E-state index < -0.39 is 0 Å². The second kappa shape index (κ2) is 6.18. The number of hydrogen-bond acceptors (Lipinski definition) is 4. The van der Waals surface area contributed by atoms with Gasteiger partial charge in [-0.05, 0) is 37.2 Å². The van der Waals surface area contributed by atoms with E-state index in [0.29, 0.717) is 12.6 Å². The molecule has 0 saturated carbocycles. The van der Waals surface area contributed by atoms with E-state index in [1.165, 1.54) is 24.3 Å². The van der Waals surface area contributed by atoms with Gasteiger partial charge in [0.15, 0.2) is 0 Å². The van der Waals surface area contributed by atoms with Gasteiger partial charge in [0.25, 0.3) is 0 Å². The Labute approximate surface area is 124 Å². The highest BCUT2D eigenvalue weighted by Gasteiger charge is 2.22. The quantitative estimate of drug-likeness (QED) is 0.884. The van der Waals surface area contributed by atoms with Crippen LogP contribution in [0.15, 0.2) is 48.4 Å². The molecular formula is C16H21FN4. The Morgan fingerprint density at radius 2 is 2.14 bits per heavy atom. The molecule has 1 atom stereocenters. The molecule has 0 spiro atoms. The number of allylic oxidation sites excluding steroid dienone is 1. The van der Waals surface area contributed by atoms with E-state index in [1.807, 2.05) is 30.4 Å². The topological polar surface area (TPSA) is 30.5 Å². The molecule has 0 aromatic heterocycles. The number of hydrazine groups is 1. The van der Waals surface area contributed by atoms with Gasteiger partial charge >= 0.3 is 0 Å². The number of likely N-dealkylation sites (N-methyl/N-ethyl adjacent to an activating group) is 1. The number of halogens is 1. The number of likely N-dealkylation sites (tertiary alicyclic amines) is 1. The Bertz CT molecular complexity index is 538. The zero-order chi connectivity index (χ0) is 14.7. The van der Waals surface area contributed by atoms with Crippen LogP contribution in [0.5, 0.6) is 0 Å². The van der Waals surface area contributed by atoms with Crippen LogP contribution in [0.4, 0.5) is 4.39 Å². The van der Waals surface area contributed by atoms with Crippen molar-refractivity contribution >= 4 is 0 Å². The van der Waals surface area contributed by atoms with E-state index in [4.69, 9.17) is 0 Å². The van der Waals surface area contributed by atoms with Gasteiger partial charge in [0.05, 0.1) is 12.2 Å². The van der Waals surface area contributed by atoms with Gasteiger partial charge in [0.2, 0.25) is 0 Å². The fourth-order valence-corrected chi connectivity index (χ4v) is 2.75. The molecule has 4 nitrogen and oxygen atoms in total. The maximum absolute atomic E-state index is 12.9. The maximum atomic E-state index is 12.9. The molecule has 3 rings (SSSR count). The minimum absolute atomic E-state index is 0.198. The van der Waals surface area contributed by atoms with Gasteiger partial charge in [-0.1, -0.05) is 12.1 Å². The van der Waals surface area contributed by atoms with E-state index in [0.717, 1.165) is 18.7 Å². The first-order chi connectivity index (χ1) is 10.2. The molecule has 1 saturated heterocycles. The van der Waals surface area contributed by atoms with Crippen LogP contribution in [0.25, 0.3) is 0 Å². The minimum atomic E-state index is -0.198. The van der Waals surface area contributed by atoms with Crippen molar-refractivity contribution in [3.05, 3.63) is 59.8 Å². The van der Waals surface area contributed by atoms with Crippen LogP contribution in [0, 0.1) is 5.82 Å². The van der Waals surface area contributed by atoms with Gasteiger partial charge in [-0.25, -0.2) is 4.39 Å². The van der Waals surface area contributed by atoms with E-state index >= 15 is 0 Å². The Balaban J connectivity index is 1.65. The Morgan fingerprint density at radius 3 is 2.86 bits per heavy atom. The third-order valence-corrected chi connectivity index (χ3v) is 4.01. The maximum Gasteiger partial charge on any atom is 0.123 e. The normalized spacial score (nSPS) is 21.4. The first kappa shape index (κ1) is 13.9. The monoisotopic (exact) mass is 288 g/mol. The molecule has 1 fully saturated rings. The van der Waals surface area contributed by atoms with Crippen molar-refractivity contribution in [2.75, 3.05) is 20.1 Å². The summed E-state index contributed by atoms with van der Waals surface area (Å²) >= 11 is 0. The summed E-state index contributed by atoms with van der Waals surface area (Å²) in [5.74, 6) is -0.198. The van der Waals surface area contributed by atoms with Crippen LogP contribution in [-0.2, 0) is 6.54 Å². The summed E-state index contributed by atoms with van der Waals surface area (Å²) in [6, 6.07) is 7.20. The van der Waals surface area contributed by atoms with Crippen LogP contribution >= 0.6 is 0 Å². The Morgan fingerprint density at radius 1 is 1.33 bits per heavy atom. The van der Waals surface area contributed by atoms with Crippen molar-refractivity contribution in [1.82, 2.24) is 20.7 Å². The van der Waals surface area contributed by atoms with Gasteiger partial charge in [-0.3, -0.25) is 5.01 Å². The molecule has 0 radical (unpaired) electrons. The van der Waals surface area contributed by atoms with E-state index in [9.17, 15) is 4.39 Å². The standard InChI is InChI=1S/C16H21FN4/c1-18-15-7-9-20(11-15)16-6-8-19-21(12-16)10-13-2-4-14(17)5-3-13/h2-6,8,12,15,18-19H,7,9-11H2,1H3/t15-/m0/s1. The lowest BCUT2D eigenvalue weighted by Gasteiger charge is -2.29. The van der Waals surface area contributed by atoms with Crippen molar-refractivity contribution in [2.45, 2.75) is 19.0 Å². The van der Waals surface area contributed by atoms with Crippen molar-refractivity contribution < 1.29 is 4.39 Å². The smallest absolute Gasteiger partial charge is 0.123 e. The summed E-state index contributed by atoms with van der Waals surface area (Å²) in [4.78, 5) is 2.39. The van der Waals surface area contributed by atoms with Crippen molar-refractivity contribution in [3.8, 4) is 0 Å². The van der Waals surface area contributed by atoms with Crippen molar-refractivity contribution in [1.29, 1.82) is 0 Å². The number of benzene rings is 1. The highest BCUT2D eigenvalue weighted by Crippen LogP contribution is 2.19. The second-order valence-corrected chi connectivity index (χ2v) is 5.49. The summed E-state index contributed by atoms with van der Waals surface area (Å²) < 4.78 is 12.9. The number of hydrogen-bond donors (Lipinski definition) is 2. The van der Waals surface area contributed by atoms with E-state index in [2.05, 4.69) is 27.9 Å². The molecule has 0 amide bonds. The second-order valence-electron chi connectivity index (χ2n) is 5.49. The lowest BCUT2D eigenvalue weighted by atomic mass is 10.2. The van der Waals surface area contributed by atoms with Crippen LogP contribution < -0.4 is 10.7 Å². The highest BCUT2D eigenvalue weighted by atomic mass is 19.1. The lowest BCUT2D eigenvalue weighted by Crippen LogP contribution is -2.35. The molecule has 0 aliphatic carbocycles. The summed E-state index contributed by atoms with van der Waals surface area (Å²) in [5, 5.41) is 5.35. The van der Waals surface area contributed by atoms with E-state index in [1.54, 1.807) is 0 Å². The van der Waals surface area contributed by atoms with Crippen LogP contribution in [0.2, 0.25) is 0 Å². The Hall–Kier alpha value is -2.01. The molecule has 2 N–H and O–H groups in total. The summed E-state index contributed by atoms with van der Waals surface area (Å²) in [6.07, 6.45) is 7.33. The van der Waals surface area contributed by atoms with Crippen LogP contribution in [-0.4, -0.2) is 36.1 Å². The molecule has 5 heteroatoms. The predicted octanol–water partition coefficient (Wildman–Crippen LogP) is 1.79. The molecule has 112 valence electrons. The molecule has 2 heterocycles. The molecule has 1 aromatic carbocycles. The molecular weight excluding hydrogens is 267 g/mol. The average Bonchev–Trinajstić information content (AvgIpc) is 2.99. The minimum Gasteiger partial charge on any atom is -0.369 e. The number of rotatable bonds is 4. The zero-order valence-corrected chi connectivity index (χ0v) is 12.2. The van der Waals surface area contributed by atoms with Gasteiger partial charge in [0, 0.05) is 31.5 Å². The summed E-state index contributed by atoms with van der Waals surface area (Å²) in [7, 11) is 2.02. The molecule has 0 bridgehead atoms. The first-order valence-corrected chi connectivity index (χ1v) is 7.32. The fourth-order valence-electron chi connectivity index (χ4n) is 2.75. The molecule has 21 heavy (non-hydrogen) atoms. The molecule has 1 aromatic rings. The van der Waals surface area contributed by atoms with Crippen LogP contribution in [0.1, 0.15) is 12.0 Å². The first-order valence-electron chi connectivity index (χ1n) is 7.32. The number of nitrogens with zero attached hydrogens (tertiary/aromatic N) is 2. The van der Waals surface area contributed by atoms with E-state index in [-0.39, 0.29) is 5.82 Å². The van der Waals surface area contributed by atoms with Gasteiger partial charge in [0.1, 0.15) is 5.82 Å².